The lowest BCUT2D eigenvalue weighted by atomic mass is 9.70. The van der Waals surface area contributed by atoms with Crippen LogP contribution >= 0.6 is 0 Å². The van der Waals surface area contributed by atoms with E-state index in [0.717, 1.165) is 44.4 Å². The molecule has 0 aromatic heterocycles. The first-order valence-electron chi connectivity index (χ1n) is 9.05. The predicted octanol–water partition coefficient (Wildman–Crippen LogP) is 3.13. The molecule has 0 aromatic rings. The largest absolute Gasteiger partial charge is 0.396 e. The Bertz CT molecular complexity index is 260. The van der Waals surface area contributed by atoms with E-state index in [-0.39, 0.29) is 0 Å². The second kappa shape index (κ2) is 9.81. The maximum Gasteiger partial charge on any atom is 0.0443 e. The Kier molecular flexibility index (Phi) is 8.84. The maximum atomic E-state index is 9.08. The van der Waals surface area contributed by atoms with Gasteiger partial charge in [0.1, 0.15) is 0 Å². The van der Waals surface area contributed by atoms with E-state index in [4.69, 9.17) is 5.11 Å². The van der Waals surface area contributed by atoms with Crippen LogP contribution in [0.5, 0.6) is 0 Å². The van der Waals surface area contributed by atoms with Gasteiger partial charge in [-0.15, -0.1) is 0 Å². The second-order valence-electron chi connectivity index (χ2n) is 7.65. The van der Waals surface area contributed by atoms with Crippen LogP contribution in [0.4, 0.5) is 0 Å². The molecule has 126 valence electrons. The average Bonchev–Trinajstić information content (AvgIpc) is 2.46. The summed E-state index contributed by atoms with van der Waals surface area (Å²) < 4.78 is 0. The van der Waals surface area contributed by atoms with E-state index < -0.39 is 0 Å². The topological polar surface area (TPSA) is 35.5 Å². The van der Waals surface area contributed by atoms with Crippen LogP contribution in [0.25, 0.3) is 0 Å². The Labute approximate surface area is 132 Å². The molecule has 3 nitrogen and oxygen atoms in total. The van der Waals surface area contributed by atoms with Crippen molar-refractivity contribution in [2.45, 2.75) is 59.8 Å². The Balaban J connectivity index is 2.57. The van der Waals surface area contributed by atoms with Crippen LogP contribution in [0, 0.1) is 17.3 Å². The van der Waals surface area contributed by atoms with Crippen molar-refractivity contribution in [1.29, 1.82) is 0 Å². The first kappa shape index (κ1) is 18.9. The molecule has 0 heterocycles. The molecular formula is C18H38N2O. The van der Waals surface area contributed by atoms with Crippen LogP contribution in [0.15, 0.2) is 0 Å². The molecule has 1 aliphatic rings. The second-order valence-corrected chi connectivity index (χ2v) is 7.65. The Morgan fingerprint density at radius 1 is 1.29 bits per heavy atom. The van der Waals surface area contributed by atoms with Crippen LogP contribution in [0.2, 0.25) is 0 Å². The van der Waals surface area contributed by atoms with Gasteiger partial charge in [0, 0.05) is 26.2 Å². The van der Waals surface area contributed by atoms with Crippen molar-refractivity contribution in [3.8, 4) is 0 Å². The summed E-state index contributed by atoms with van der Waals surface area (Å²) in [6.07, 6.45) is 6.37. The lowest BCUT2D eigenvalue weighted by Gasteiger charge is -2.43. The molecule has 0 radical (unpaired) electrons. The van der Waals surface area contributed by atoms with Crippen molar-refractivity contribution >= 4 is 0 Å². The molecule has 1 fully saturated rings. The Morgan fingerprint density at radius 2 is 1.95 bits per heavy atom. The van der Waals surface area contributed by atoms with E-state index in [1.165, 1.54) is 32.2 Å². The SMILES string of the molecule is CCN(CCCO)CC1(CNCC(C)C)CCC(C)CC1. The van der Waals surface area contributed by atoms with Gasteiger partial charge in [-0.3, -0.25) is 0 Å². The quantitative estimate of drug-likeness (QED) is 0.650. The fourth-order valence-corrected chi connectivity index (χ4v) is 3.51. The van der Waals surface area contributed by atoms with Crippen molar-refractivity contribution in [1.82, 2.24) is 10.2 Å². The first-order chi connectivity index (χ1) is 10.0. The number of hydrogen-bond donors (Lipinski definition) is 2. The van der Waals surface area contributed by atoms with Gasteiger partial charge in [0.15, 0.2) is 0 Å². The maximum absolute atomic E-state index is 9.08. The van der Waals surface area contributed by atoms with Gasteiger partial charge in [0.05, 0.1) is 0 Å². The minimum absolute atomic E-state index is 0.312. The van der Waals surface area contributed by atoms with E-state index >= 15 is 0 Å². The highest BCUT2D eigenvalue weighted by Gasteiger charge is 2.35. The lowest BCUT2D eigenvalue weighted by Crippen LogP contribution is -2.47. The molecule has 0 aromatic carbocycles. The summed E-state index contributed by atoms with van der Waals surface area (Å²) in [6.45, 7) is 15.1. The van der Waals surface area contributed by atoms with Gasteiger partial charge in [-0.25, -0.2) is 0 Å². The summed E-state index contributed by atoms with van der Waals surface area (Å²) in [4.78, 5) is 2.54. The highest BCUT2D eigenvalue weighted by Crippen LogP contribution is 2.39. The molecule has 0 saturated heterocycles. The number of nitrogens with one attached hydrogen (secondary N) is 1. The van der Waals surface area contributed by atoms with E-state index in [1.807, 2.05) is 0 Å². The molecule has 1 rings (SSSR count). The zero-order valence-corrected chi connectivity index (χ0v) is 14.8. The van der Waals surface area contributed by atoms with Crippen LogP contribution in [-0.4, -0.2) is 49.3 Å². The van der Waals surface area contributed by atoms with E-state index in [0.29, 0.717) is 12.0 Å². The Hall–Kier alpha value is -0.120. The fourth-order valence-electron chi connectivity index (χ4n) is 3.51. The fraction of sp³-hybridized carbons (Fsp3) is 1.00. The standard InChI is InChI=1S/C18H38N2O/c1-5-20(11-6-12-21)15-18(14-19-13-16(2)3)9-7-17(4)8-10-18/h16-17,19,21H,5-15H2,1-4H3. The molecule has 0 unspecified atom stereocenters. The predicted molar refractivity (Wildman–Crippen MR) is 91.6 cm³/mol. The highest BCUT2D eigenvalue weighted by atomic mass is 16.3. The highest BCUT2D eigenvalue weighted by molar-refractivity contribution is 4.89. The summed E-state index contributed by atoms with van der Waals surface area (Å²) in [5.41, 5.74) is 0.451. The molecule has 1 saturated carbocycles. The van der Waals surface area contributed by atoms with Crippen LogP contribution in [-0.2, 0) is 0 Å². The Morgan fingerprint density at radius 3 is 2.48 bits per heavy atom. The zero-order chi connectivity index (χ0) is 15.7. The van der Waals surface area contributed by atoms with Crippen molar-refractivity contribution in [2.75, 3.05) is 39.3 Å². The van der Waals surface area contributed by atoms with E-state index in [1.54, 1.807) is 0 Å². The van der Waals surface area contributed by atoms with Crippen molar-refractivity contribution in [3.05, 3.63) is 0 Å². The number of hydrogen-bond acceptors (Lipinski definition) is 3. The molecule has 0 aliphatic heterocycles. The van der Waals surface area contributed by atoms with Gasteiger partial charge in [0.2, 0.25) is 0 Å². The molecule has 21 heavy (non-hydrogen) atoms. The van der Waals surface area contributed by atoms with Crippen molar-refractivity contribution < 1.29 is 5.11 Å². The average molecular weight is 299 g/mol. The van der Waals surface area contributed by atoms with Gasteiger partial charge in [-0.05, 0) is 49.6 Å². The van der Waals surface area contributed by atoms with Crippen LogP contribution in [0.1, 0.15) is 59.8 Å². The molecule has 0 spiro atoms. The summed E-state index contributed by atoms with van der Waals surface area (Å²) in [5, 5.41) is 12.8. The van der Waals surface area contributed by atoms with Crippen LogP contribution in [0.3, 0.4) is 0 Å². The van der Waals surface area contributed by atoms with Crippen molar-refractivity contribution in [2.24, 2.45) is 17.3 Å². The third-order valence-electron chi connectivity index (χ3n) is 5.03. The summed E-state index contributed by atoms with van der Waals surface area (Å²) >= 11 is 0. The summed E-state index contributed by atoms with van der Waals surface area (Å²) in [7, 11) is 0. The van der Waals surface area contributed by atoms with Crippen LogP contribution < -0.4 is 5.32 Å². The summed E-state index contributed by atoms with van der Waals surface area (Å²) in [6, 6.07) is 0. The molecule has 1 aliphatic carbocycles. The minimum Gasteiger partial charge on any atom is -0.396 e. The third kappa shape index (κ3) is 7.12. The molecule has 0 bridgehead atoms. The number of aliphatic hydroxyl groups is 1. The summed E-state index contributed by atoms with van der Waals surface area (Å²) in [5.74, 6) is 1.62. The zero-order valence-electron chi connectivity index (χ0n) is 14.8. The normalized spacial score (nSPS) is 26.7. The van der Waals surface area contributed by atoms with Gasteiger partial charge in [-0.2, -0.15) is 0 Å². The number of nitrogens with zero attached hydrogens (tertiary/aromatic N) is 1. The molecule has 0 atom stereocenters. The number of aliphatic hydroxyl groups excluding tert-OH is 1. The van der Waals surface area contributed by atoms with Gasteiger partial charge in [0.25, 0.3) is 0 Å². The minimum atomic E-state index is 0.312. The third-order valence-corrected chi connectivity index (χ3v) is 5.03. The van der Waals surface area contributed by atoms with Gasteiger partial charge in [-0.1, -0.05) is 40.5 Å². The molecular weight excluding hydrogens is 260 g/mol. The smallest absolute Gasteiger partial charge is 0.0443 e. The molecule has 2 N–H and O–H groups in total. The first-order valence-corrected chi connectivity index (χ1v) is 9.05. The van der Waals surface area contributed by atoms with Gasteiger partial charge < -0.3 is 15.3 Å². The molecule has 3 heteroatoms. The van der Waals surface area contributed by atoms with E-state index in [2.05, 4.69) is 37.9 Å². The number of rotatable bonds is 10. The van der Waals surface area contributed by atoms with Gasteiger partial charge >= 0.3 is 0 Å². The molecule has 0 amide bonds. The van der Waals surface area contributed by atoms with Crippen molar-refractivity contribution in [3.63, 3.8) is 0 Å². The monoisotopic (exact) mass is 298 g/mol. The van der Waals surface area contributed by atoms with E-state index in [9.17, 15) is 0 Å². The lowest BCUT2D eigenvalue weighted by molar-refractivity contribution is 0.0844.